The highest BCUT2D eigenvalue weighted by atomic mass is 16.3. The molecule has 0 amide bonds. The molecular weight excluding hydrogens is 264 g/mol. The molecule has 2 aromatic heterocycles. The molecule has 2 heterocycles. The van der Waals surface area contributed by atoms with E-state index in [9.17, 15) is 4.79 Å². The molecule has 4 nitrogen and oxygen atoms in total. The molecule has 0 fully saturated rings. The molecule has 1 aromatic carbocycles. The van der Waals surface area contributed by atoms with Crippen molar-refractivity contribution in [2.45, 2.75) is 13.3 Å². The number of hydrogen-bond donors (Lipinski definition) is 0. The van der Waals surface area contributed by atoms with Crippen molar-refractivity contribution in [2.24, 2.45) is 0 Å². The first-order valence-electron chi connectivity index (χ1n) is 6.65. The highest BCUT2D eigenvalue weighted by Gasteiger charge is 2.14. The van der Waals surface area contributed by atoms with Crippen molar-refractivity contribution in [3.05, 3.63) is 83.3 Å². The number of carbonyl (C=O) groups is 1. The summed E-state index contributed by atoms with van der Waals surface area (Å²) in [6, 6.07) is 10.0. The largest absolute Gasteiger partial charge is 0.461 e. The molecule has 3 rings (SSSR count). The molecule has 0 saturated heterocycles. The summed E-state index contributed by atoms with van der Waals surface area (Å²) >= 11 is 0. The maximum absolute atomic E-state index is 12.2. The van der Waals surface area contributed by atoms with Gasteiger partial charge in [-0.15, -0.1) is 0 Å². The molecule has 0 aliphatic carbocycles. The third-order valence-electron chi connectivity index (χ3n) is 3.19. The lowest BCUT2D eigenvalue weighted by atomic mass is 10.0. The van der Waals surface area contributed by atoms with Gasteiger partial charge in [-0.3, -0.25) is 4.79 Å². The number of aromatic nitrogens is 2. The van der Waals surface area contributed by atoms with Crippen LogP contribution >= 0.6 is 0 Å². The van der Waals surface area contributed by atoms with Crippen LogP contribution in [0.1, 0.15) is 32.8 Å². The van der Waals surface area contributed by atoms with Gasteiger partial charge in [-0.05, 0) is 24.1 Å². The van der Waals surface area contributed by atoms with Crippen molar-refractivity contribution >= 4 is 5.78 Å². The summed E-state index contributed by atoms with van der Waals surface area (Å²) in [5, 5.41) is 0. The Morgan fingerprint density at radius 2 is 1.95 bits per heavy atom. The van der Waals surface area contributed by atoms with Crippen molar-refractivity contribution in [1.29, 1.82) is 0 Å². The number of hydrogen-bond acceptors (Lipinski definition) is 4. The summed E-state index contributed by atoms with van der Waals surface area (Å²) in [7, 11) is 0. The average molecular weight is 278 g/mol. The third kappa shape index (κ3) is 3.05. The molecule has 4 heteroatoms. The van der Waals surface area contributed by atoms with Gasteiger partial charge >= 0.3 is 0 Å². The van der Waals surface area contributed by atoms with E-state index in [2.05, 4.69) is 35.1 Å². The van der Waals surface area contributed by atoms with Crippen LogP contribution in [0.25, 0.3) is 0 Å². The van der Waals surface area contributed by atoms with Gasteiger partial charge in [-0.1, -0.05) is 29.8 Å². The number of aryl methyl sites for hydroxylation is 1. The lowest BCUT2D eigenvalue weighted by Crippen LogP contribution is -2.00. The predicted octanol–water partition coefficient (Wildman–Crippen LogP) is 3.20. The Morgan fingerprint density at radius 3 is 2.71 bits per heavy atom. The van der Waals surface area contributed by atoms with Gasteiger partial charge in [0, 0.05) is 18.8 Å². The van der Waals surface area contributed by atoms with Gasteiger partial charge in [0.2, 0.25) is 5.78 Å². The van der Waals surface area contributed by atoms with E-state index in [0.29, 0.717) is 11.3 Å². The molecule has 0 N–H and O–H groups in total. The fourth-order valence-corrected chi connectivity index (χ4v) is 2.20. The van der Waals surface area contributed by atoms with Crippen molar-refractivity contribution in [3.63, 3.8) is 0 Å². The number of carbonyl (C=O) groups excluding carboxylic acids is 1. The highest BCUT2D eigenvalue weighted by Crippen LogP contribution is 2.16. The maximum Gasteiger partial charge on any atom is 0.231 e. The number of rotatable bonds is 4. The minimum atomic E-state index is -0.203. The molecule has 21 heavy (non-hydrogen) atoms. The average Bonchev–Trinajstić information content (AvgIpc) is 2.96. The van der Waals surface area contributed by atoms with E-state index >= 15 is 0 Å². The maximum atomic E-state index is 12.2. The van der Waals surface area contributed by atoms with Crippen LogP contribution in [-0.4, -0.2) is 15.8 Å². The van der Waals surface area contributed by atoms with Crippen molar-refractivity contribution in [3.8, 4) is 0 Å². The standard InChI is InChI=1S/C17H14N2O2/c1-12-3-2-4-13(5-12)6-14-7-16(21-10-14)17(20)15-8-18-11-19-9-15/h2-5,7-11H,6H2,1H3. The topological polar surface area (TPSA) is 56.0 Å². The minimum absolute atomic E-state index is 0.203. The SMILES string of the molecule is Cc1cccc(Cc2coc(C(=O)c3cncnc3)c2)c1. The summed E-state index contributed by atoms with van der Waals surface area (Å²) in [5.41, 5.74) is 3.81. The molecule has 0 spiro atoms. The molecule has 0 radical (unpaired) electrons. The summed E-state index contributed by atoms with van der Waals surface area (Å²) in [6.45, 7) is 2.06. The van der Waals surface area contributed by atoms with Crippen LogP contribution in [0.15, 0.2) is 59.7 Å². The zero-order valence-electron chi connectivity index (χ0n) is 11.6. The van der Waals surface area contributed by atoms with Crippen LogP contribution in [-0.2, 0) is 6.42 Å². The van der Waals surface area contributed by atoms with Gasteiger partial charge in [0.1, 0.15) is 6.33 Å². The molecule has 0 atom stereocenters. The van der Waals surface area contributed by atoms with Crippen molar-refractivity contribution < 1.29 is 9.21 Å². The van der Waals surface area contributed by atoms with E-state index in [1.54, 1.807) is 12.3 Å². The number of nitrogens with zero attached hydrogens (tertiary/aromatic N) is 2. The zero-order chi connectivity index (χ0) is 14.7. The Morgan fingerprint density at radius 1 is 1.14 bits per heavy atom. The Hall–Kier alpha value is -2.75. The Labute approximate surface area is 122 Å². The summed E-state index contributed by atoms with van der Waals surface area (Å²) in [4.78, 5) is 19.9. The first kappa shape index (κ1) is 13.2. The van der Waals surface area contributed by atoms with Gasteiger partial charge in [-0.2, -0.15) is 0 Å². The number of benzene rings is 1. The first-order valence-corrected chi connectivity index (χ1v) is 6.65. The third-order valence-corrected chi connectivity index (χ3v) is 3.19. The molecule has 3 aromatic rings. The fraction of sp³-hybridized carbons (Fsp3) is 0.118. The first-order chi connectivity index (χ1) is 10.2. The summed E-state index contributed by atoms with van der Waals surface area (Å²) in [6.07, 6.45) is 6.72. The molecule has 0 unspecified atom stereocenters. The van der Waals surface area contributed by atoms with Gasteiger partial charge in [-0.25, -0.2) is 9.97 Å². The second-order valence-electron chi connectivity index (χ2n) is 4.94. The molecule has 104 valence electrons. The van der Waals surface area contributed by atoms with E-state index in [1.165, 1.54) is 29.8 Å². The minimum Gasteiger partial charge on any atom is -0.461 e. The van der Waals surface area contributed by atoms with Crippen LogP contribution in [0.4, 0.5) is 0 Å². The quantitative estimate of drug-likeness (QED) is 0.688. The lowest BCUT2D eigenvalue weighted by Gasteiger charge is -1.99. The second-order valence-corrected chi connectivity index (χ2v) is 4.94. The molecule has 0 bridgehead atoms. The fourth-order valence-electron chi connectivity index (χ4n) is 2.20. The van der Waals surface area contributed by atoms with Crippen molar-refractivity contribution in [2.75, 3.05) is 0 Å². The van der Waals surface area contributed by atoms with Gasteiger partial charge in [0.05, 0.1) is 11.8 Å². The van der Waals surface area contributed by atoms with E-state index < -0.39 is 0 Å². The van der Waals surface area contributed by atoms with E-state index in [4.69, 9.17) is 4.42 Å². The monoisotopic (exact) mass is 278 g/mol. The normalized spacial score (nSPS) is 10.5. The van der Waals surface area contributed by atoms with Crippen LogP contribution in [0, 0.1) is 6.92 Å². The summed E-state index contributed by atoms with van der Waals surface area (Å²) < 4.78 is 5.38. The predicted molar refractivity (Wildman–Crippen MR) is 78.2 cm³/mol. The van der Waals surface area contributed by atoms with Gasteiger partial charge in [0.15, 0.2) is 5.76 Å². The van der Waals surface area contributed by atoms with Crippen LogP contribution in [0.2, 0.25) is 0 Å². The molecule has 0 aliphatic heterocycles. The lowest BCUT2D eigenvalue weighted by molar-refractivity contribution is 0.101. The summed E-state index contributed by atoms with van der Waals surface area (Å²) in [5.74, 6) is 0.110. The van der Waals surface area contributed by atoms with E-state index in [0.717, 1.165) is 12.0 Å². The number of ketones is 1. The van der Waals surface area contributed by atoms with Crippen LogP contribution < -0.4 is 0 Å². The van der Waals surface area contributed by atoms with Gasteiger partial charge < -0.3 is 4.42 Å². The second kappa shape index (κ2) is 5.71. The smallest absolute Gasteiger partial charge is 0.231 e. The van der Waals surface area contributed by atoms with Crippen LogP contribution in [0.3, 0.4) is 0 Å². The Bertz CT molecular complexity index is 763. The van der Waals surface area contributed by atoms with E-state index in [-0.39, 0.29) is 5.78 Å². The Kier molecular flexibility index (Phi) is 3.60. The Balaban J connectivity index is 1.79. The highest BCUT2D eigenvalue weighted by molar-refractivity contribution is 6.06. The molecule has 0 saturated carbocycles. The molecular formula is C17H14N2O2. The van der Waals surface area contributed by atoms with Crippen molar-refractivity contribution in [1.82, 2.24) is 9.97 Å². The number of furan rings is 1. The molecule has 0 aliphatic rings. The zero-order valence-corrected chi connectivity index (χ0v) is 11.6. The van der Waals surface area contributed by atoms with E-state index in [1.807, 2.05) is 6.07 Å². The van der Waals surface area contributed by atoms with Crippen LogP contribution in [0.5, 0.6) is 0 Å². The van der Waals surface area contributed by atoms with Gasteiger partial charge in [0.25, 0.3) is 0 Å².